The van der Waals surface area contributed by atoms with Crippen LogP contribution in [0.5, 0.6) is 0 Å². The van der Waals surface area contributed by atoms with E-state index in [9.17, 15) is 4.79 Å². The number of ether oxygens (including phenoxy) is 1. The normalized spacial score (nSPS) is 25.2. The molecule has 25 heavy (non-hydrogen) atoms. The molecule has 2 aliphatic heterocycles. The highest BCUT2D eigenvalue weighted by atomic mass is 16.5. The number of methoxy groups -OCH3 is 1. The van der Waals surface area contributed by atoms with Gasteiger partial charge in [-0.2, -0.15) is 0 Å². The number of nitrogens with one attached hydrogen (secondary N) is 2. The zero-order valence-electron chi connectivity index (χ0n) is 15.5. The Morgan fingerprint density at radius 3 is 2.64 bits per heavy atom. The number of hydrogen-bond acceptors (Lipinski definition) is 4. The highest BCUT2D eigenvalue weighted by Crippen LogP contribution is 2.19. The monoisotopic (exact) mass is 345 g/mol. The van der Waals surface area contributed by atoms with Crippen molar-refractivity contribution in [3.63, 3.8) is 0 Å². The molecule has 5 heteroatoms. The predicted molar refractivity (Wildman–Crippen MR) is 99.4 cm³/mol. The molecule has 0 spiro atoms. The van der Waals surface area contributed by atoms with E-state index in [-0.39, 0.29) is 18.1 Å². The Balaban J connectivity index is 1.35. The molecule has 2 atom stereocenters. The van der Waals surface area contributed by atoms with Crippen molar-refractivity contribution in [3.05, 3.63) is 35.4 Å². The van der Waals surface area contributed by atoms with Crippen molar-refractivity contribution >= 4 is 5.91 Å². The maximum absolute atomic E-state index is 12.2. The summed E-state index contributed by atoms with van der Waals surface area (Å²) in [5.74, 6) is 0.722. The molecule has 2 N–H and O–H groups in total. The van der Waals surface area contributed by atoms with Gasteiger partial charge in [-0.3, -0.25) is 9.69 Å². The fourth-order valence-corrected chi connectivity index (χ4v) is 3.75. The van der Waals surface area contributed by atoms with Crippen molar-refractivity contribution in [2.75, 3.05) is 33.3 Å². The Morgan fingerprint density at radius 1 is 1.28 bits per heavy atom. The Bertz CT molecular complexity index is 553. The van der Waals surface area contributed by atoms with Crippen LogP contribution in [-0.2, 0) is 16.1 Å². The minimum atomic E-state index is -0.0911. The van der Waals surface area contributed by atoms with Crippen molar-refractivity contribution in [2.24, 2.45) is 5.92 Å². The van der Waals surface area contributed by atoms with Crippen LogP contribution < -0.4 is 10.6 Å². The molecule has 1 aromatic rings. The zero-order valence-corrected chi connectivity index (χ0v) is 15.5. The highest BCUT2D eigenvalue weighted by Gasteiger charge is 2.29. The SMILES string of the molecule is CO[C@@H]1CN[C@@H](C(=O)NCC2CCN(Cc3ccc(C)cc3)CC2)C1. The van der Waals surface area contributed by atoms with Gasteiger partial charge in [-0.1, -0.05) is 29.8 Å². The molecule has 138 valence electrons. The molecule has 0 saturated carbocycles. The topological polar surface area (TPSA) is 53.6 Å². The minimum absolute atomic E-state index is 0.0911. The van der Waals surface area contributed by atoms with Gasteiger partial charge in [-0.25, -0.2) is 0 Å². The number of aryl methyl sites for hydroxylation is 1. The molecule has 2 aliphatic rings. The summed E-state index contributed by atoms with van der Waals surface area (Å²) >= 11 is 0. The summed E-state index contributed by atoms with van der Waals surface area (Å²) in [6.45, 7) is 6.95. The third-order valence-corrected chi connectivity index (χ3v) is 5.54. The third kappa shape index (κ3) is 5.27. The number of rotatable bonds is 6. The first-order valence-electron chi connectivity index (χ1n) is 9.46. The lowest BCUT2D eigenvalue weighted by molar-refractivity contribution is -0.123. The third-order valence-electron chi connectivity index (χ3n) is 5.54. The lowest BCUT2D eigenvalue weighted by atomic mass is 9.96. The molecule has 0 aromatic heterocycles. The quantitative estimate of drug-likeness (QED) is 0.824. The van der Waals surface area contributed by atoms with Crippen LogP contribution in [0.1, 0.15) is 30.4 Å². The summed E-state index contributed by atoms with van der Waals surface area (Å²) in [7, 11) is 1.71. The van der Waals surface area contributed by atoms with Crippen LogP contribution in [0.3, 0.4) is 0 Å². The highest BCUT2D eigenvalue weighted by molar-refractivity contribution is 5.82. The number of carbonyl (C=O) groups excluding carboxylic acids is 1. The van der Waals surface area contributed by atoms with Crippen molar-refractivity contribution in [1.82, 2.24) is 15.5 Å². The van der Waals surface area contributed by atoms with Crippen molar-refractivity contribution in [1.29, 1.82) is 0 Å². The second-order valence-corrected chi connectivity index (χ2v) is 7.50. The largest absolute Gasteiger partial charge is 0.380 e. The summed E-state index contributed by atoms with van der Waals surface area (Å²) in [4.78, 5) is 14.8. The molecule has 2 fully saturated rings. The standard InChI is InChI=1S/C20H31N3O2/c1-15-3-5-17(6-4-15)14-23-9-7-16(8-10-23)12-22-20(24)19-11-18(25-2)13-21-19/h3-6,16,18-19,21H,7-14H2,1-2H3,(H,22,24)/t18-,19+/m0/s1. The Hall–Kier alpha value is -1.43. The average molecular weight is 345 g/mol. The molecule has 1 aromatic carbocycles. The number of amides is 1. The lowest BCUT2D eigenvalue weighted by Gasteiger charge is -2.32. The Labute approximate surface area is 151 Å². The van der Waals surface area contributed by atoms with Crippen LogP contribution in [0.25, 0.3) is 0 Å². The Kier molecular flexibility index (Phi) is 6.45. The second-order valence-electron chi connectivity index (χ2n) is 7.50. The van der Waals surface area contributed by atoms with E-state index in [0.717, 1.165) is 52.0 Å². The molecule has 0 unspecified atom stereocenters. The van der Waals surface area contributed by atoms with E-state index >= 15 is 0 Å². The summed E-state index contributed by atoms with van der Waals surface area (Å²) in [6, 6.07) is 8.73. The first kappa shape index (κ1) is 18.4. The van der Waals surface area contributed by atoms with Crippen LogP contribution in [-0.4, -0.2) is 56.2 Å². The molecule has 2 heterocycles. The fraction of sp³-hybridized carbons (Fsp3) is 0.650. The van der Waals surface area contributed by atoms with E-state index in [0.29, 0.717) is 5.92 Å². The molecule has 3 rings (SSSR count). The van der Waals surface area contributed by atoms with E-state index in [4.69, 9.17) is 4.74 Å². The van der Waals surface area contributed by atoms with Gasteiger partial charge in [0.1, 0.15) is 0 Å². The van der Waals surface area contributed by atoms with E-state index < -0.39 is 0 Å². The summed E-state index contributed by atoms with van der Waals surface area (Å²) < 4.78 is 5.31. The molecule has 5 nitrogen and oxygen atoms in total. The molecular formula is C20H31N3O2. The van der Waals surface area contributed by atoms with Gasteiger partial charge in [-0.05, 0) is 50.8 Å². The smallest absolute Gasteiger partial charge is 0.237 e. The molecule has 0 bridgehead atoms. The van der Waals surface area contributed by atoms with E-state index in [1.54, 1.807) is 7.11 Å². The number of likely N-dealkylation sites (tertiary alicyclic amines) is 1. The lowest BCUT2D eigenvalue weighted by Crippen LogP contribution is -2.44. The van der Waals surface area contributed by atoms with Gasteiger partial charge in [0.2, 0.25) is 5.91 Å². The molecule has 1 amide bonds. The van der Waals surface area contributed by atoms with Crippen LogP contribution in [0.15, 0.2) is 24.3 Å². The van der Waals surface area contributed by atoms with E-state index in [1.807, 2.05) is 0 Å². The number of nitrogens with zero attached hydrogens (tertiary/aromatic N) is 1. The van der Waals surface area contributed by atoms with Gasteiger partial charge in [0, 0.05) is 26.7 Å². The van der Waals surface area contributed by atoms with Gasteiger partial charge in [0.15, 0.2) is 0 Å². The molecule has 0 radical (unpaired) electrons. The van der Waals surface area contributed by atoms with Crippen molar-refractivity contribution in [2.45, 2.75) is 44.9 Å². The van der Waals surface area contributed by atoms with Crippen molar-refractivity contribution < 1.29 is 9.53 Å². The van der Waals surface area contributed by atoms with Crippen LogP contribution in [0.2, 0.25) is 0 Å². The average Bonchev–Trinajstić information content (AvgIpc) is 3.12. The number of carbonyl (C=O) groups is 1. The van der Waals surface area contributed by atoms with Gasteiger partial charge < -0.3 is 15.4 Å². The van der Waals surface area contributed by atoms with Crippen LogP contribution in [0, 0.1) is 12.8 Å². The molecular weight excluding hydrogens is 314 g/mol. The molecule has 0 aliphatic carbocycles. The summed E-state index contributed by atoms with van der Waals surface area (Å²) in [6.07, 6.45) is 3.26. The fourth-order valence-electron chi connectivity index (χ4n) is 3.75. The zero-order chi connectivity index (χ0) is 17.6. The second kappa shape index (κ2) is 8.79. The van der Waals surface area contributed by atoms with Crippen LogP contribution in [0.4, 0.5) is 0 Å². The number of benzene rings is 1. The maximum Gasteiger partial charge on any atom is 0.237 e. The van der Waals surface area contributed by atoms with E-state index in [2.05, 4.69) is 46.7 Å². The Morgan fingerprint density at radius 2 is 2.00 bits per heavy atom. The van der Waals surface area contributed by atoms with E-state index in [1.165, 1.54) is 11.1 Å². The predicted octanol–water partition coefficient (Wildman–Crippen LogP) is 1.70. The van der Waals surface area contributed by atoms with Gasteiger partial charge in [0.25, 0.3) is 0 Å². The van der Waals surface area contributed by atoms with Gasteiger partial charge in [0.05, 0.1) is 12.1 Å². The van der Waals surface area contributed by atoms with Crippen molar-refractivity contribution in [3.8, 4) is 0 Å². The summed E-state index contributed by atoms with van der Waals surface area (Å²) in [5, 5.41) is 6.37. The summed E-state index contributed by atoms with van der Waals surface area (Å²) in [5.41, 5.74) is 2.70. The van der Waals surface area contributed by atoms with Gasteiger partial charge in [-0.15, -0.1) is 0 Å². The maximum atomic E-state index is 12.2. The number of piperidine rings is 1. The first-order valence-corrected chi connectivity index (χ1v) is 9.46. The number of hydrogen-bond donors (Lipinski definition) is 2. The first-order chi connectivity index (χ1) is 12.1. The molecule has 2 saturated heterocycles. The minimum Gasteiger partial charge on any atom is -0.380 e. The van der Waals surface area contributed by atoms with Crippen LogP contribution >= 0.6 is 0 Å². The van der Waals surface area contributed by atoms with Gasteiger partial charge >= 0.3 is 0 Å².